The van der Waals surface area contributed by atoms with E-state index in [1.807, 2.05) is 42.5 Å². The Morgan fingerprint density at radius 1 is 0.980 bits per heavy atom. The van der Waals surface area contributed by atoms with E-state index >= 15 is 0 Å². The highest BCUT2D eigenvalue weighted by atomic mass is 17.1. The quantitative estimate of drug-likeness (QED) is 0.0759. The Labute approximate surface area is 283 Å². The van der Waals surface area contributed by atoms with Gasteiger partial charge in [0.05, 0.1) is 35.2 Å². The molecule has 14 heteroatoms. The molecule has 1 aliphatic rings. The first kappa shape index (κ1) is 33.9. The number of aromatic amines is 1. The second kappa shape index (κ2) is 15.9. The van der Waals surface area contributed by atoms with Crippen LogP contribution in [0.4, 0.5) is 0 Å². The summed E-state index contributed by atoms with van der Waals surface area (Å²) >= 11 is 0. The van der Waals surface area contributed by atoms with Crippen molar-refractivity contribution in [2.24, 2.45) is 0 Å². The monoisotopic (exact) mass is 668 g/mol. The number of amides is 1. The second-order valence-electron chi connectivity index (χ2n) is 12.0. The van der Waals surface area contributed by atoms with Crippen LogP contribution in [0.2, 0.25) is 0 Å². The fourth-order valence-electron chi connectivity index (χ4n) is 6.31. The zero-order valence-corrected chi connectivity index (χ0v) is 27.4. The number of tetrazole rings is 1. The van der Waals surface area contributed by atoms with Crippen molar-refractivity contribution in [3.05, 3.63) is 83.7 Å². The summed E-state index contributed by atoms with van der Waals surface area (Å²) in [4.78, 5) is 38.4. The molecule has 256 valence electrons. The molecule has 1 fully saturated rings. The molecule has 3 heterocycles. The lowest BCUT2D eigenvalue weighted by atomic mass is 9.98. The molecule has 1 atom stereocenters. The number of rotatable bonds is 15. The van der Waals surface area contributed by atoms with Gasteiger partial charge >= 0.3 is 5.97 Å². The van der Waals surface area contributed by atoms with Crippen molar-refractivity contribution in [3.8, 4) is 22.5 Å². The molecule has 2 aromatic heterocycles. The van der Waals surface area contributed by atoms with Gasteiger partial charge in [-0.3, -0.25) is 20.0 Å². The summed E-state index contributed by atoms with van der Waals surface area (Å²) in [5.41, 5.74) is 5.95. The number of benzene rings is 3. The minimum Gasteiger partial charge on any atom is -0.464 e. The Bertz CT molecular complexity index is 1860. The van der Waals surface area contributed by atoms with Crippen LogP contribution in [0.25, 0.3) is 33.5 Å². The zero-order valence-electron chi connectivity index (χ0n) is 27.4. The van der Waals surface area contributed by atoms with Crippen LogP contribution in [-0.4, -0.2) is 88.6 Å². The molecular formula is C35H40N8O6. The number of para-hydroxylation sites is 1. The van der Waals surface area contributed by atoms with Crippen molar-refractivity contribution in [3.63, 3.8) is 0 Å². The summed E-state index contributed by atoms with van der Waals surface area (Å²) in [6, 6.07) is 21.2. The molecule has 3 N–H and O–H groups in total. The molecular weight excluding hydrogens is 628 g/mol. The molecule has 49 heavy (non-hydrogen) atoms. The Kier molecular flexibility index (Phi) is 11.0. The van der Waals surface area contributed by atoms with Crippen molar-refractivity contribution < 1.29 is 29.6 Å². The van der Waals surface area contributed by atoms with Crippen LogP contribution in [0.3, 0.4) is 0 Å². The minimum absolute atomic E-state index is 0.0656. The number of carbonyl (C=O) groups excluding carboxylic acids is 2. The van der Waals surface area contributed by atoms with E-state index in [0.717, 1.165) is 58.4 Å². The predicted octanol–water partition coefficient (Wildman–Crippen LogP) is 5.21. The molecule has 3 aromatic carbocycles. The number of carbonyl (C=O) groups is 2. The zero-order chi connectivity index (χ0) is 34.2. The van der Waals surface area contributed by atoms with Gasteiger partial charge in [-0.05, 0) is 66.1 Å². The maximum absolute atomic E-state index is 14.2. The number of likely N-dealkylation sites (tertiary alicyclic amines) is 1. The van der Waals surface area contributed by atoms with Crippen molar-refractivity contribution in [1.82, 2.24) is 40.5 Å². The Balaban J connectivity index is 1.24. The van der Waals surface area contributed by atoms with Crippen molar-refractivity contribution in [2.75, 3.05) is 19.8 Å². The van der Waals surface area contributed by atoms with Gasteiger partial charge in [0, 0.05) is 25.1 Å². The number of ether oxygens (including phenoxy) is 1. The van der Waals surface area contributed by atoms with Gasteiger partial charge in [-0.25, -0.2) is 9.78 Å². The molecule has 0 spiro atoms. The van der Waals surface area contributed by atoms with E-state index in [1.165, 1.54) is 0 Å². The third-order valence-electron chi connectivity index (χ3n) is 8.72. The van der Waals surface area contributed by atoms with Gasteiger partial charge in [-0.2, -0.15) is 5.21 Å². The van der Waals surface area contributed by atoms with E-state index < -0.39 is 12.0 Å². The van der Waals surface area contributed by atoms with E-state index in [-0.39, 0.29) is 24.5 Å². The smallest absolute Gasteiger partial charge is 0.328 e. The number of aromatic nitrogens is 6. The Morgan fingerprint density at radius 3 is 2.53 bits per heavy atom. The van der Waals surface area contributed by atoms with Crippen LogP contribution in [0, 0.1) is 0 Å². The number of unbranched alkanes of at least 4 members (excludes halogenated alkanes) is 2. The fourth-order valence-corrected chi connectivity index (χ4v) is 6.31. The summed E-state index contributed by atoms with van der Waals surface area (Å²) in [6.07, 6.45) is 4.90. The van der Waals surface area contributed by atoms with Crippen molar-refractivity contribution >= 4 is 22.9 Å². The first-order valence-corrected chi connectivity index (χ1v) is 16.6. The van der Waals surface area contributed by atoms with Gasteiger partial charge in [-0.1, -0.05) is 67.9 Å². The van der Waals surface area contributed by atoms with E-state index in [9.17, 15) is 9.59 Å². The predicted molar refractivity (Wildman–Crippen MR) is 178 cm³/mol. The lowest BCUT2D eigenvalue weighted by Gasteiger charge is -2.24. The summed E-state index contributed by atoms with van der Waals surface area (Å²) in [7, 11) is 0. The van der Waals surface area contributed by atoms with Gasteiger partial charge in [0.2, 0.25) is 5.82 Å². The molecule has 0 unspecified atom stereocenters. The number of esters is 1. The topological polar surface area (TPSA) is 172 Å². The number of imidazole rings is 1. The number of fused-ring (bicyclic) bond motifs is 1. The van der Waals surface area contributed by atoms with Crippen LogP contribution in [-0.2, 0) is 27.3 Å². The number of aryl methyl sites for hydroxylation is 1. The second-order valence-corrected chi connectivity index (χ2v) is 12.0. The number of H-pyrrole nitrogens is 1. The molecule has 1 aliphatic heterocycles. The Morgan fingerprint density at radius 2 is 1.78 bits per heavy atom. The number of hydrogen-bond acceptors (Lipinski definition) is 11. The average molecular weight is 669 g/mol. The number of hydrogen-bond donors (Lipinski definition) is 3. The normalized spacial score (nSPS) is 14.6. The van der Waals surface area contributed by atoms with Crippen LogP contribution >= 0.6 is 0 Å². The van der Waals surface area contributed by atoms with Crippen LogP contribution in [0.5, 0.6) is 0 Å². The SMILES string of the molecule is CCCCc1nc2cccc(C(=O)N3CCC[C@H]3C(=O)OCCCCON(O)O)c2n1Cc1ccc(-c2ccccc2-c2nn[nH]n2)cc1. The van der Waals surface area contributed by atoms with Gasteiger partial charge in [0.1, 0.15) is 11.9 Å². The van der Waals surface area contributed by atoms with Gasteiger partial charge in [0.15, 0.2) is 0 Å². The highest BCUT2D eigenvalue weighted by Gasteiger charge is 2.36. The Hall–Kier alpha value is -5.02. The van der Waals surface area contributed by atoms with E-state index in [2.05, 4.69) is 61.2 Å². The molecule has 0 saturated carbocycles. The molecule has 0 aliphatic carbocycles. The van der Waals surface area contributed by atoms with Gasteiger partial charge in [-0.15, -0.1) is 10.2 Å². The third kappa shape index (κ3) is 7.84. The van der Waals surface area contributed by atoms with E-state index in [0.29, 0.717) is 50.2 Å². The fraction of sp³-hybridized carbons (Fsp3) is 0.371. The largest absolute Gasteiger partial charge is 0.464 e. The molecule has 6 rings (SSSR count). The van der Waals surface area contributed by atoms with Crippen LogP contribution in [0.15, 0.2) is 66.7 Å². The maximum atomic E-state index is 14.2. The molecule has 1 amide bonds. The lowest BCUT2D eigenvalue weighted by Crippen LogP contribution is -2.41. The summed E-state index contributed by atoms with van der Waals surface area (Å²) < 4.78 is 7.65. The van der Waals surface area contributed by atoms with Gasteiger partial charge < -0.3 is 14.2 Å². The standard InChI is InChI=1S/C35H40N8O6/c1-2-3-15-31-36-29-13-8-12-28(34(44)41-20-9-14-30(41)35(45)48-21-6-7-22-49-43(46)47)32(29)42(31)23-24-16-18-25(19-17-24)26-10-4-5-11-27(26)33-37-39-40-38-33/h4-5,8,10-13,16-19,30,46-47H,2-3,6-7,9,14-15,20-23H2,1H3,(H,37,38,39,40)/t30-/m0/s1. The lowest BCUT2D eigenvalue weighted by molar-refractivity contribution is -0.492. The van der Waals surface area contributed by atoms with Crippen molar-refractivity contribution in [1.29, 1.82) is 0 Å². The summed E-state index contributed by atoms with van der Waals surface area (Å²) in [5.74, 6) is 0.778. The minimum atomic E-state index is -0.678. The van der Waals surface area contributed by atoms with Crippen LogP contribution < -0.4 is 0 Å². The molecule has 14 nitrogen and oxygen atoms in total. The van der Waals surface area contributed by atoms with Crippen molar-refractivity contribution in [2.45, 2.75) is 64.5 Å². The maximum Gasteiger partial charge on any atom is 0.328 e. The molecule has 0 radical (unpaired) electrons. The molecule has 0 bridgehead atoms. The number of nitrogens with zero attached hydrogens (tertiary/aromatic N) is 7. The van der Waals surface area contributed by atoms with E-state index in [1.54, 1.807) is 4.90 Å². The third-order valence-corrected chi connectivity index (χ3v) is 8.72. The summed E-state index contributed by atoms with van der Waals surface area (Å²) in [5, 5.41) is 31.5. The highest BCUT2D eigenvalue weighted by molar-refractivity contribution is 6.06. The highest BCUT2D eigenvalue weighted by Crippen LogP contribution is 2.31. The first-order chi connectivity index (χ1) is 23.9. The first-order valence-electron chi connectivity index (χ1n) is 16.6. The van der Waals surface area contributed by atoms with Crippen LogP contribution in [0.1, 0.15) is 67.2 Å². The molecule has 5 aromatic rings. The summed E-state index contributed by atoms with van der Waals surface area (Å²) in [6.45, 7) is 3.32. The van der Waals surface area contributed by atoms with E-state index in [4.69, 9.17) is 20.1 Å². The average Bonchev–Trinajstić information content (AvgIpc) is 3.90. The number of nitrogens with one attached hydrogen (secondary N) is 1. The molecule has 1 saturated heterocycles. The van der Waals surface area contributed by atoms with Gasteiger partial charge in [0.25, 0.3) is 5.91 Å².